The van der Waals surface area contributed by atoms with Crippen LogP contribution in [-0.4, -0.2) is 47.7 Å². The van der Waals surface area contributed by atoms with Gasteiger partial charge in [0.2, 0.25) is 11.7 Å². The lowest BCUT2D eigenvalue weighted by Crippen LogP contribution is -2.30. The van der Waals surface area contributed by atoms with Crippen LogP contribution in [0.2, 0.25) is 0 Å². The fourth-order valence-corrected chi connectivity index (χ4v) is 2.67. The molecule has 2 aromatic heterocycles. The minimum absolute atomic E-state index is 0.0292. The van der Waals surface area contributed by atoms with E-state index in [-0.39, 0.29) is 31.8 Å². The number of aromatic nitrogens is 2. The van der Waals surface area contributed by atoms with Crippen molar-refractivity contribution in [3.05, 3.63) is 22.7 Å². The van der Waals surface area contributed by atoms with Gasteiger partial charge < -0.3 is 19.3 Å². The van der Waals surface area contributed by atoms with Crippen LogP contribution in [0.5, 0.6) is 0 Å². The van der Waals surface area contributed by atoms with Crippen LogP contribution >= 0.6 is 11.3 Å². The third-order valence-corrected chi connectivity index (χ3v) is 4.02. The van der Waals surface area contributed by atoms with E-state index in [0.717, 1.165) is 5.56 Å². The summed E-state index contributed by atoms with van der Waals surface area (Å²) in [7, 11) is 0. The Kier molecular flexibility index (Phi) is 8.43. The van der Waals surface area contributed by atoms with Crippen LogP contribution < -0.4 is 5.32 Å². The first-order chi connectivity index (χ1) is 13.1. The first-order valence-corrected chi connectivity index (χ1v) is 9.46. The highest BCUT2D eigenvalue weighted by atomic mass is 32.1. The molecule has 1 amide bonds. The minimum atomic E-state index is -0.535. The number of carbonyl (C=O) groups excluding carboxylic acids is 3. The van der Waals surface area contributed by atoms with Gasteiger partial charge in [-0.15, -0.1) is 0 Å². The summed E-state index contributed by atoms with van der Waals surface area (Å²) in [5.41, 5.74) is 0.859. The van der Waals surface area contributed by atoms with E-state index < -0.39 is 11.9 Å². The number of esters is 2. The summed E-state index contributed by atoms with van der Waals surface area (Å²) in [6.45, 7) is 2.00. The highest BCUT2D eigenvalue weighted by Crippen LogP contribution is 2.18. The Balaban J connectivity index is 1.58. The number of thiophene rings is 1. The molecule has 0 spiro atoms. The van der Waals surface area contributed by atoms with E-state index in [1.165, 1.54) is 11.3 Å². The third-order valence-electron chi connectivity index (χ3n) is 3.34. The standard InChI is InChI=1S/C17H21N3O6S/c1-2-24-15(22)4-3-8-18-13(21)10-25-16(23)6-5-14-19-17(20-26-14)12-7-9-27-11-12/h7,9,11H,2-6,8,10H2,1H3,(H,18,21). The van der Waals surface area contributed by atoms with Gasteiger partial charge >= 0.3 is 11.9 Å². The SMILES string of the molecule is CCOC(=O)CCCNC(=O)COC(=O)CCc1nc(-c2ccsc2)no1. The maximum Gasteiger partial charge on any atom is 0.306 e. The second-order valence-electron chi connectivity index (χ2n) is 5.44. The summed E-state index contributed by atoms with van der Waals surface area (Å²) >= 11 is 1.53. The molecular weight excluding hydrogens is 374 g/mol. The molecule has 0 aromatic carbocycles. The van der Waals surface area contributed by atoms with Gasteiger partial charge in [0.1, 0.15) is 0 Å². The topological polar surface area (TPSA) is 121 Å². The first kappa shape index (κ1) is 20.6. The lowest BCUT2D eigenvalue weighted by atomic mass is 10.3. The number of nitrogens with zero attached hydrogens (tertiary/aromatic N) is 2. The summed E-state index contributed by atoms with van der Waals surface area (Å²) in [5.74, 6) is -0.462. The molecule has 0 unspecified atom stereocenters. The maximum absolute atomic E-state index is 11.7. The lowest BCUT2D eigenvalue weighted by Gasteiger charge is -2.06. The highest BCUT2D eigenvalue weighted by Gasteiger charge is 2.13. The first-order valence-electron chi connectivity index (χ1n) is 8.51. The zero-order valence-electron chi connectivity index (χ0n) is 14.9. The second kappa shape index (κ2) is 11.1. The van der Waals surface area contributed by atoms with Gasteiger partial charge in [-0.2, -0.15) is 16.3 Å². The average Bonchev–Trinajstić information content (AvgIpc) is 3.33. The molecule has 2 rings (SSSR count). The van der Waals surface area contributed by atoms with Gasteiger partial charge in [-0.25, -0.2) is 0 Å². The molecule has 10 heteroatoms. The number of amides is 1. The quantitative estimate of drug-likeness (QED) is 0.451. The minimum Gasteiger partial charge on any atom is -0.466 e. The fourth-order valence-electron chi connectivity index (χ4n) is 2.04. The molecule has 0 aliphatic rings. The molecule has 1 N–H and O–H groups in total. The Morgan fingerprint density at radius 2 is 2.04 bits per heavy atom. The number of carbonyl (C=O) groups is 3. The van der Waals surface area contributed by atoms with Crippen LogP contribution in [0, 0.1) is 0 Å². The molecule has 0 atom stereocenters. The molecule has 27 heavy (non-hydrogen) atoms. The van der Waals surface area contributed by atoms with Crippen molar-refractivity contribution in [1.29, 1.82) is 0 Å². The molecule has 2 aromatic rings. The number of rotatable bonds is 11. The predicted molar refractivity (Wildman–Crippen MR) is 95.8 cm³/mol. The Morgan fingerprint density at radius 3 is 2.78 bits per heavy atom. The van der Waals surface area contributed by atoms with Crippen LogP contribution in [0.25, 0.3) is 11.4 Å². The van der Waals surface area contributed by atoms with Crippen LogP contribution in [-0.2, 0) is 30.3 Å². The molecule has 0 radical (unpaired) electrons. The van der Waals surface area contributed by atoms with Crippen molar-refractivity contribution in [1.82, 2.24) is 15.5 Å². The number of hydrogen-bond donors (Lipinski definition) is 1. The summed E-state index contributed by atoms with van der Waals surface area (Å²) in [5, 5.41) is 10.2. The van der Waals surface area contributed by atoms with Crippen LogP contribution in [0.4, 0.5) is 0 Å². The highest BCUT2D eigenvalue weighted by molar-refractivity contribution is 7.08. The van der Waals surface area contributed by atoms with E-state index in [9.17, 15) is 14.4 Å². The van der Waals surface area contributed by atoms with Crippen LogP contribution in [0.15, 0.2) is 21.3 Å². The van der Waals surface area contributed by atoms with E-state index in [1.54, 1.807) is 6.92 Å². The van der Waals surface area contributed by atoms with E-state index in [2.05, 4.69) is 15.5 Å². The van der Waals surface area contributed by atoms with Crippen molar-refractivity contribution in [2.45, 2.75) is 32.6 Å². The van der Waals surface area contributed by atoms with Crippen molar-refractivity contribution < 1.29 is 28.4 Å². The van der Waals surface area contributed by atoms with Gasteiger partial charge in [-0.1, -0.05) is 5.16 Å². The van der Waals surface area contributed by atoms with E-state index >= 15 is 0 Å². The van der Waals surface area contributed by atoms with Crippen LogP contribution in [0.3, 0.4) is 0 Å². The smallest absolute Gasteiger partial charge is 0.306 e. The van der Waals surface area contributed by atoms with Gasteiger partial charge in [0.15, 0.2) is 6.61 Å². The Hall–Kier alpha value is -2.75. The van der Waals surface area contributed by atoms with E-state index in [0.29, 0.717) is 31.3 Å². The number of aryl methyl sites for hydroxylation is 1. The average molecular weight is 395 g/mol. The molecule has 0 fully saturated rings. The predicted octanol–water partition coefficient (Wildman–Crippen LogP) is 1.73. The van der Waals surface area contributed by atoms with Gasteiger partial charge in [-0.05, 0) is 24.8 Å². The van der Waals surface area contributed by atoms with E-state index in [1.807, 2.05) is 16.8 Å². The number of hydrogen-bond acceptors (Lipinski definition) is 9. The van der Waals surface area contributed by atoms with Crippen molar-refractivity contribution in [2.75, 3.05) is 19.8 Å². The molecule has 9 nitrogen and oxygen atoms in total. The zero-order valence-corrected chi connectivity index (χ0v) is 15.8. The Bertz CT molecular complexity index is 744. The fraction of sp³-hybridized carbons (Fsp3) is 0.471. The Labute approximate surface area is 160 Å². The number of ether oxygens (including phenoxy) is 2. The number of nitrogens with one attached hydrogen (secondary N) is 1. The molecule has 146 valence electrons. The third kappa shape index (κ3) is 7.57. The molecule has 2 heterocycles. The van der Waals surface area contributed by atoms with Crippen LogP contribution in [0.1, 0.15) is 32.1 Å². The largest absolute Gasteiger partial charge is 0.466 e. The normalized spacial score (nSPS) is 10.4. The molecule has 0 bridgehead atoms. The van der Waals surface area contributed by atoms with E-state index in [4.69, 9.17) is 14.0 Å². The second-order valence-corrected chi connectivity index (χ2v) is 6.22. The van der Waals surface area contributed by atoms with Gasteiger partial charge in [0.05, 0.1) is 13.0 Å². The molecule has 0 saturated carbocycles. The molecule has 0 aliphatic heterocycles. The lowest BCUT2D eigenvalue weighted by molar-refractivity contribution is -0.148. The molecule has 0 saturated heterocycles. The summed E-state index contributed by atoms with van der Waals surface area (Å²) < 4.78 is 14.8. The van der Waals surface area contributed by atoms with Crippen molar-refractivity contribution in [3.63, 3.8) is 0 Å². The van der Waals surface area contributed by atoms with Gasteiger partial charge in [-0.3, -0.25) is 14.4 Å². The van der Waals surface area contributed by atoms with Gasteiger partial charge in [0, 0.05) is 30.3 Å². The summed E-state index contributed by atoms with van der Waals surface area (Å²) in [6.07, 6.45) is 0.951. The van der Waals surface area contributed by atoms with Crippen molar-refractivity contribution in [2.24, 2.45) is 0 Å². The molecular formula is C17H21N3O6S. The monoisotopic (exact) mass is 395 g/mol. The summed E-state index contributed by atoms with van der Waals surface area (Å²) in [6, 6.07) is 1.87. The summed E-state index contributed by atoms with van der Waals surface area (Å²) in [4.78, 5) is 38.6. The van der Waals surface area contributed by atoms with Crippen molar-refractivity contribution in [3.8, 4) is 11.4 Å². The molecule has 0 aliphatic carbocycles. The Morgan fingerprint density at radius 1 is 1.22 bits per heavy atom. The van der Waals surface area contributed by atoms with Gasteiger partial charge in [0.25, 0.3) is 5.91 Å². The zero-order chi connectivity index (χ0) is 19.5. The van der Waals surface area contributed by atoms with Crippen molar-refractivity contribution >= 4 is 29.2 Å². The maximum atomic E-state index is 11.7.